The first-order valence-electron chi connectivity index (χ1n) is 23.9. The number of aliphatic hydroxyl groups is 1. The van der Waals surface area contributed by atoms with E-state index in [0.29, 0.717) is 94.6 Å². The molecule has 10 rings (SSSR count). The number of carbonyl (C=O) groups is 5. The average molecular weight is 909 g/mol. The largest absolute Gasteiger partial charge is 0.468 e. The highest BCUT2D eigenvalue weighted by Gasteiger charge is 3.00. The van der Waals surface area contributed by atoms with Gasteiger partial charge in [-0.05, 0) is 92.3 Å². The number of epoxide rings is 1. The smallest absolute Gasteiger partial charge is 0.347 e. The topological polar surface area (TPSA) is 181 Å². The summed E-state index contributed by atoms with van der Waals surface area (Å²) in [5, 5.41) is 13.0. The number of likely N-dealkylation sites (tertiary alicyclic amines) is 1. The number of piperidine rings is 1. The summed E-state index contributed by atoms with van der Waals surface area (Å²) in [6, 6.07) is 5.32. The third kappa shape index (κ3) is 5.63. The van der Waals surface area contributed by atoms with Crippen LogP contribution in [-0.4, -0.2) is 144 Å². The Labute approximate surface area is 385 Å². The van der Waals surface area contributed by atoms with Crippen molar-refractivity contribution in [1.29, 1.82) is 0 Å². The summed E-state index contributed by atoms with van der Waals surface area (Å²) >= 11 is 0. The fourth-order valence-corrected chi connectivity index (χ4v) is 14.9. The molecule has 1 aromatic carbocycles. The van der Waals surface area contributed by atoms with Gasteiger partial charge in [-0.15, -0.1) is 0 Å². The lowest BCUT2D eigenvalue weighted by Crippen LogP contribution is -2.74. The van der Waals surface area contributed by atoms with E-state index in [1.54, 1.807) is 7.11 Å². The number of amides is 1. The molecule has 4 saturated heterocycles. The molecule has 1 aromatic heterocycles. The number of H-pyrrole nitrogens is 1. The van der Waals surface area contributed by atoms with Gasteiger partial charge >= 0.3 is 17.9 Å². The van der Waals surface area contributed by atoms with Crippen LogP contribution in [0.25, 0.3) is 10.9 Å². The Balaban J connectivity index is 1.26. The van der Waals surface area contributed by atoms with Gasteiger partial charge in [0.15, 0.2) is 11.9 Å². The van der Waals surface area contributed by atoms with Crippen LogP contribution in [0.1, 0.15) is 94.8 Å². The summed E-state index contributed by atoms with van der Waals surface area (Å²) in [7, 11) is 4.27. The molecule has 2 aromatic rings. The molecule has 12 atom stereocenters. The number of ketones is 1. The molecule has 2 aliphatic carbocycles. The number of allylic oxidation sites excluding steroid dienone is 1. The zero-order valence-electron chi connectivity index (χ0n) is 39.4. The normalized spacial score (nSPS) is 39.5. The van der Waals surface area contributed by atoms with Crippen molar-refractivity contribution in [3.8, 4) is 0 Å². The minimum absolute atomic E-state index is 0.0418. The van der Waals surface area contributed by atoms with E-state index < -0.39 is 75.2 Å². The van der Waals surface area contributed by atoms with Gasteiger partial charge in [0.05, 0.1) is 31.3 Å². The second-order valence-corrected chi connectivity index (χ2v) is 20.8. The predicted octanol–water partition coefficient (Wildman–Crippen LogP) is 4.75. The summed E-state index contributed by atoms with van der Waals surface area (Å²) in [5.74, 6) is -2.55. The Morgan fingerprint density at radius 2 is 1.80 bits per heavy atom. The minimum atomic E-state index is -1.90. The molecule has 2 N–H and O–H groups in total. The Hall–Kier alpha value is -4.67. The first-order valence-corrected chi connectivity index (χ1v) is 23.9. The number of nitrogens with zero attached hydrogens (tertiary/aromatic N) is 3. The Morgan fingerprint density at radius 3 is 2.47 bits per heavy atom. The van der Waals surface area contributed by atoms with Crippen LogP contribution >= 0.6 is 0 Å². The highest BCUT2D eigenvalue weighted by Crippen LogP contribution is 2.82. The van der Waals surface area contributed by atoms with E-state index in [1.807, 2.05) is 52.0 Å². The van der Waals surface area contributed by atoms with E-state index in [0.717, 1.165) is 22.0 Å². The molecule has 66 heavy (non-hydrogen) atoms. The maximum absolute atomic E-state index is 15.6. The molecule has 1 saturated carbocycles. The molecule has 0 radical (unpaired) electrons. The molecule has 2 bridgehead atoms. The minimum Gasteiger partial charge on any atom is -0.468 e. The lowest BCUT2D eigenvalue weighted by Gasteiger charge is -2.58. The number of aromatic nitrogens is 1. The van der Waals surface area contributed by atoms with Gasteiger partial charge in [0.25, 0.3) is 5.60 Å². The average Bonchev–Trinajstić information content (AvgIpc) is 3.52. The van der Waals surface area contributed by atoms with Gasteiger partial charge in [-0.1, -0.05) is 45.9 Å². The van der Waals surface area contributed by atoms with Gasteiger partial charge in [-0.3, -0.25) is 33.9 Å². The first-order chi connectivity index (χ1) is 31.5. The fraction of sp³-hybridized carbons (Fsp3) is 0.627. The van der Waals surface area contributed by atoms with Crippen molar-refractivity contribution in [1.82, 2.24) is 19.7 Å². The van der Waals surface area contributed by atoms with Gasteiger partial charge < -0.3 is 33.8 Å². The molecule has 8 aliphatic rings. The van der Waals surface area contributed by atoms with Crippen molar-refractivity contribution in [3.05, 3.63) is 70.6 Å². The molecule has 6 aliphatic heterocycles. The number of hydrogen-bond donors (Lipinski definition) is 2. The second-order valence-electron chi connectivity index (χ2n) is 20.8. The van der Waals surface area contributed by atoms with Gasteiger partial charge in [0, 0.05) is 91.9 Å². The van der Waals surface area contributed by atoms with Crippen LogP contribution in [0.3, 0.4) is 0 Å². The number of carbonyl (C=O) groups excluding carboxylic acids is 5. The Kier molecular flexibility index (Phi) is 10.5. The number of nitrogens with one attached hydrogen (secondary N) is 1. The molecule has 3 unspecified atom stereocenters. The Morgan fingerprint density at radius 1 is 1.03 bits per heavy atom. The van der Waals surface area contributed by atoms with E-state index in [4.69, 9.17) is 23.7 Å². The van der Waals surface area contributed by atoms with Crippen LogP contribution in [0.15, 0.2) is 53.8 Å². The van der Waals surface area contributed by atoms with E-state index in [1.165, 1.54) is 26.0 Å². The van der Waals surface area contributed by atoms with E-state index in [-0.39, 0.29) is 24.0 Å². The number of hydrogen-bond acceptors (Lipinski definition) is 13. The molecule has 15 heteroatoms. The lowest BCUT2D eigenvalue weighted by molar-refractivity contribution is -0.183. The van der Waals surface area contributed by atoms with Crippen LogP contribution < -0.4 is 0 Å². The van der Waals surface area contributed by atoms with Crippen LogP contribution in [0.2, 0.25) is 0 Å². The van der Waals surface area contributed by atoms with Crippen LogP contribution in [0, 0.1) is 28.6 Å². The monoisotopic (exact) mass is 908 g/mol. The van der Waals surface area contributed by atoms with Crippen LogP contribution in [0.5, 0.6) is 0 Å². The van der Waals surface area contributed by atoms with Gasteiger partial charge in [0.2, 0.25) is 12.1 Å². The molecular formula is C51H64N4O11. The van der Waals surface area contributed by atoms with Crippen molar-refractivity contribution < 1.29 is 52.8 Å². The highest BCUT2D eigenvalue weighted by molar-refractivity contribution is 6.01. The number of methoxy groups -OCH3 is 3. The fourth-order valence-electron chi connectivity index (χ4n) is 14.9. The summed E-state index contributed by atoms with van der Waals surface area (Å²) in [4.78, 5) is 81.0. The number of fused-ring (bicyclic) bond motifs is 6. The SMILES string of the molecule is CC[C@]1(O)C[C@H]2CN(CCc3c([nH]c4ccc(C(=O)CC(C)C)cc34)[C@@](C(=O)OC)(C3C=C4C(=CC3OC)N(C=O)[C@@]35O[C@]3(C(=O)OC)[C@H](OC(C)=O)[C@]3(CC)C=CCN6CC[C@]45[C@@H]63)C2)C1. The number of Topliss-reactive ketones (excluding diaryl/α,β-unsaturated/α-hetero) is 1. The van der Waals surface area contributed by atoms with Crippen molar-refractivity contribution in [2.45, 2.75) is 120 Å². The maximum atomic E-state index is 15.6. The molecule has 1 amide bonds. The molecule has 354 valence electrons. The van der Waals surface area contributed by atoms with Crippen molar-refractivity contribution in [2.24, 2.45) is 28.6 Å². The molecular weight excluding hydrogens is 845 g/mol. The van der Waals surface area contributed by atoms with E-state index in [2.05, 4.69) is 33.0 Å². The predicted molar refractivity (Wildman–Crippen MR) is 241 cm³/mol. The van der Waals surface area contributed by atoms with Crippen LogP contribution in [-0.2, 0) is 54.7 Å². The number of benzene rings is 1. The third-order valence-corrected chi connectivity index (χ3v) is 17.3. The number of aromatic amines is 1. The van der Waals surface area contributed by atoms with Gasteiger partial charge in [-0.25, -0.2) is 4.79 Å². The Bertz CT molecular complexity index is 2510. The zero-order chi connectivity index (χ0) is 46.9. The van der Waals surface area contributed by atoms with Crippen molar-refractivity contribution >= 4 is 41.0 Å². The maximum Gasteiger partial charge on any atom is 0.347 e. The van der Waals surface area contributed by atoms with E-state index >= 15 is 4.79 Å². The summed E-state index contributed by atoms with van der Waals surface area (Å²) in [6.45, 7) is 12.3. The summed E-state index contributed by atoms with van der Waals surface area (Å²) < 4.78 is 31.4. The summed E-state index contributed by atoms with van der Waals surface area (Å²) in [6.07, 6.45) is 9.99. The van der Waals surface area contributed by atoms with E-state index in [9.17, 15) is 24.3 Å². The first kappa shape index (κ1) is 45.1. The lowest BCUT2D eigenvalue weighted by atomic mass is 9.48. The molecule has 2 spiro atoms. The molecule has 5 fully saturated rings. The molecule has 15 nitrogen and oxygen atoms in total. The molecule has 7 heterocycles. The standard InChI is InChI=1S/C51H64N4O11/c1-9-46(61)24-31-25-48(44(59)63-7,41-33(14-18-53(26-31)27-46)34-21-32(12-13-37(34)52-41)39(58)20-29(3)4)36-22-35-38(23-40(36)62-6)55(28-56)51-49(35)16-19-54-17-11-15-47(10-2,42(49)54)43(65-30(5)57)50(51,66-51)45(60)64-8/h11-13,15,21-23,28-29,31,36,40,42-43,52,61H,9-10,14,16-20,24-27H2,1-8H3/t31-,36?,40?,42+,43-,46+,47-,48+,49-,50+,51+/m1/s1. The number of esters is 3. The quantitative estimate of drug-likeness (QED) is 0.0789. The highest BCUT2D eigenvalue weighted by atomic mass is 16.7. The van der Waals surface area contributed by atoms with Crippen LogP contribution in [0.4, 0.5) is 0 Å². The number of ether oxygens (including phenoxy) is 5. The number of rotatable bonds is 11. The zero-order valence-corrected chi connectivity index (χ0v) is 39.4. The van der Waals surface area contributed by atoms with Gasteiger partial charge in [0.1, 0.15) is 5.41 Å². The van der Waals surface area contributed by atoms with Crippen molar-refractivity contribution in [2.75, 3.05) is 54.1 Å². The summed E-state index contributed by atoms with van der Waals surface area (Å²) in [5.41, 5.74) is -3.88. The second kappa shape index (κ2) is 15.4. The van der Waals surface area contributed by atoms with Crippen molar-refractivity contribution in [3.63, 3.8) is 0 Å². The van der Waals surface area contributed by atoms with Gasteiger partial charge in [-0.2, -0.15) is 0 Å². The third-order valence-electron chi connectivity index (χ3n) is 17.3.